The highest BCUT2D eigenvalue weighted by Crippen LogP contribution is 2.24. The van der Waals surface area contributed by atoms with Gasteiger partial charge in [-0.25, -0.2) is 14.0 Å². The smallest absolute Gasteiger partial charge is 0.342 e. The molecule has 0 radical (unpaired) electrons. The number of urea groups is 1. The predicted octanol–water partition coefficient (Wildman–Crippen LogP) is 2.19. The van der Waals surface area contributed by atoms with E-state index in [1.807, 2.05) is 6.92 Å². The summed E-state index contributed by atoms with van der Waals surface area (Å²) in [6, 6.07) is 3.25. The van der Waals surface area contributed by atoms with Crippen molar-refractivity contribution in [3.8, 4) is 0 Å². The van der Waals surface area contributed by atoms with E-state index in [1.165, 1.54) is 17.0 Å². The summed E-state index contributed by atoms with van der Waals surface area (Å²) in [5.74, 6) is -3.29. The lowest BCUT2D eigenvalue weighted by atomic mass is 9.91. The zero-order valence-electron chi connectivity index (χ0n) is 13.4. The number of anilines is 1. The number of carboxylic acids is 1. The molecule has 1 fully saturated rings. The Morgan fingerprint density at radius 3 is 2.67 bits per heavy atom. The van der Waals surface area contributed by atoms with E-state index in [4.69, 9.17) is 5.11 Å². The molecule has 24 heavy (non-hydrogen) atoms. The van der Waals surface area contributed by atoms with Gasteiger partial charge in [0.15, 0.2) is 0 Å². The summed E-state index contributed by atoms with van der Waals surface area (Å²) in [4.78, 5) is 36.6. The van der Waals surface area contributed by atoms with Crippen LogP contribution >= 0.6 is 0 Å². The number of piperidine rings is 1. The molecule has 1 aliphatic rings. The third kappa shape index (κ3) is 3.81. The molecule has 1 aromatic carbocycles. The standard InChI is InChI=1S/C16H19FN2O5/c1-9-6-10(14(20)21)8-19(7-9)16(23)18-12-5-3-4-11(17)13(12)15(22)24-2/h3-5,9-10H,6-8H2,1-2H3,(H,18,23)(H,20,21). The van der Waals surface area contributed by atoms with E-state index in [9.17, 15) is 18.8 Å². The SMILES string of the molecule is COC(=O)c1c(F)cccc1NC(=O)N1CC(C)CC(C(=O)O)C1. The highest BCUT2D eigenvalue weighted by molar-refractivity contribution is 6.01. The van der Waals surface area contributed by atoms with Gasteiger partial charge in [-0.15, -0.1) is 0 Å². The number of carboxylic acid groups (broad SMARTS) is 1. The monoisotopic (exact) mass is 338 g/mol. The molecule has 1 saturated heterocycles. The van der Waals surface area contributed by atoms with Crippen LogP contribution in [-0.2, 0) is 9.53 Å². The van der Waals surface area contributed by atoms with E-state index in [0.717, 1.165) is 13.2 Å². The number of methoxy groups -OCH3 is 1. The summed E-state index contributed by atoms with van der Waals surface area (Å²) < 4.78 is 18.4. The van der Waals surface area contributed by atoms with Crippen LogP contribution in [0.2, 0.25) is 0 Å². The van der Waals surface area contributed by atoms with Crippen LogP contribution in [0.4, 0.5) is 14.9 Å². The second-order valence-electron chi connectivity index (χ2n) is 5.87. The zero-order valence-corrected chi connectivity index (χ0v) is 13.4. The van der Waals surface area contributed by atoms with Crippen molar-refractivity contribution in [1.29, 1.82) is 0 Å². The molecule has 0 saturated carbocycles. The molecule has 7 nitrogen and oxygen atoms in total. The Labute approximate surface area is 138 Å². The van der Waals surface area contributed by atoms with Gasteiger partial charge in [-0.1, -0.05) is 13.0 Å². The Morgan fingerprint density at radius 2 is 2.04 bits per heavy atom. The van der Waals surface area contributed by atoms with Crippen molar-refractivity contribution < 1.29 is 28.6 Å². The van der Waals surface area contributed by atoms with Crippen molar-refractivity contribution in [1.82, 2.24) is 4.90 Å². The summed E-state index contributed by atoms with van der Waals surface area (Å²) in [5, 5.41) is 11.6. The van der Waals surface area contributed by atoms with Crippen molar-refractivity contribution in [2.24, 2.45) is 11.8 Å². The highest BCUT2D eigenvalue weighted by atomic mass is 19.1. The molecule has 130 valence electrons. The summed E-state index contributed by atoms with van der Waals surface area (Å²) in [7, 11) is 1.12. The minimum absolute atomic E-state index is 0.0167. The number of carbonyl (C=O) groups is 3. The Morgan fingerprint density at radius 1 is 1.33 bits per heavy atom. The molecule has 2 rings (SSSR count). The number of aliphatic carboxylic acids is 1. The van der Waals surface area contributed by atoms with Crippen LogP contribution in [0, 0.1) is 17.7 Å². The summed E-state index contributed by atoms with van der Waals surface area (Å²) >= 11 is 0. The molecule has 2 amide bonds. The van der Waals surface area contributed by atoms with E-state index >= 15 is 0 Å². The van der Waals surface area contributed by atoms with Gasteiger partial charge in [0.1, 0.15) is 11.4 Å². The van der Waals surface area contributed by atoms with Crippen molar-refractivity contribution in [3.05, 3.63) is 29.6 Å². The average Bonchev–Trinajstić information content (AvgIpc) is 2.53. The molecule has 2 N–H and O–H groups in total. The van der Waals surface area contributed by atoms with Crippen molar-refractivity contribution in [2.45, 2.75) is 13.3 Å². The first kappa shape index (κ1) is 17.7. The number of likely N-dealkylation sites (tertiary alicyclic amines) is 1. The molecule has 0 aliphatic carbocycles. The molecule has 2 atom stereocenters. The molecule has 1 aliphatic heterocycles. The number of carbonyl (C=O) groups excluding carboxylic acids is 2. The first-order valence-corrected chi connectivity index (χ1v) is 7.49. The van der Waals surface area contributed by atoms with Crippen LogP contribution in [0.3, 0.4) is 0 Å². The first-order chi connectivity index (χ1) is 11.3. The van der Waals surface area contributed by atoms with Crippen molar-refractivity contribution >= 4 is 23.7 Å². The number of hydrogen-bond donors (Lipinski definition) is 2. The van der Waals surface area contributed by atoms with Gasteiger partial charge in [-0.2, -0.15) is 0 Å². The van der Waals surface area contributed by atoms with Crippen molar-refractivity contribution in [2.75, 3.05) is 25.5 Å². The molecular weight excluding hydrogens is 319 g/mol. The van der Waals surface area contributed by atoms with Crippen LogP contribution < -0.4 is 5.32 Å². The number of rotatable bonds is 3. The Kier molecular flexibility index (Phi) is 5.38. The van der Waals surface area contributed by atoms with Gasteiger partial charge in [0.25, 0.3) is 0 Å². The summed E-state index contributed by atoms with van der Waals surface area (Å²) in [5.41, 5.74) is -0.384. The molecule has 1 aromatic rings. The van der Waals surface area contributed by atoms with Gasteiger partial charge in [-0.05, 0) is 24.5 Å². The molecule has 8 heteroatoms. The number of ether oxygens (including phenoxy) is 1. The average molecular weight is 338 g/mol. The molecular formula is C16H19FN2O5. The highest BCUT2D eigenvalue weighted by Gasteiger charge is 2.32. The van der Waals surface area contributed by atoms with Crippen LogP contribution in [0.1, 0.15) is 23.7 Å². The molecule has 0 aromatic heterocycles. The fraction of sp³-hybridized carbons (Fsp3) is 0.438. The second kappa shape index (κ2) is 7.29. The largest absolute Gasteiger partial charge is 0.481 e. The van der Waals surface area contributed by atoms with Gasteiger partial charge >= 0.3 is 18.0 Å². The number of nitrogens with zero attached hydrogens (tertiary/aromatic N) is 1. The molecule has 0 spiro atoms. The minimum Gasteiger partial charge on any atom is -0.481 e. The van der Waals surface area contributed by atoms with Gasteiger partial charge in [0, 0.05) is 13.1 Å². The lowest BCUT2D eigenvalue weighted by molar-refractivity contribution is -0.143. The number of halogens is 1. The number of hydrogen-bond acceptors (Lipinski definition) is 4. The van der Waals surface area contributed by atoms with Gasteiger partial charge in [-0.3, -0.25) is 4.79 Å². The number of esters is 1. The number of amides is 2. The summed E-state index contributed by atoms with van der Waals surface area (Å²) in [6.45, 7) is 2.31. The molecule has 1 heterocycles. The predicted molar refractivity (Wildman–Crippen MR) is 83.2 cm³/mol. The maximum atomic E-state index is 13.9. The van der Waals surface area contributed by atoms with E-state index < -0.39 is 29.7 Å². The Hall–Kier alpha value is -2.64. The van der Waals surface area contributed by atoms with Crippen molar-refractivity contribution in [3.63, 3.8) is 0 Å². The van der Waals surface area contributed by atoms with E-state index in [1.54, 1.807) is 0 Å². The van der Waals surface area contributed by atoms with Gasteiger partial charge in [0.05, 0.1) is 18.7 Å². The van der Waals surface area contributed by atoms with E-state index in [0.29, 0.717) is 13.0 Å². The van der Waals surface area contributed by atoms with Crippen LogP contribution in [0.5, 0.6) is 0 Å². The van der Waals surface area contributed by atoms with Gasteiger partial charge in [0.2, 0.25) is 0 Å². The zero-order chi connectivity index (χ0) is 17.9. The maximum Gasteiger partial charge on any atom is 0.342 e. The van der Waals surface area contributed by atoms with E-state index in [-0.39, 0.29) is 23.7 Å². The molecule has 2 unspecified atom stereocenters. The van der Waals surface area contributed by atoms with Crippen LogP contribution in [0.25, 0.3) is 0 Å². The van der Waals surface area contributed by atoms with Gasteiger partial charge < -0.3 is 20.1 Å². The normalized spacial score (nSPS) is 20.4. The summed E-state index contributed by atoms with van der Waals surface area (Å²) in [6.07, 6.45) is 0.493. The third-order valence-electron chi connectivity index (χ3n) is 3.94. The third-order valence-corrected chi connectivity index (χ3v) is 3.94. The number of nitrogens with one attached hydrogen (secondary N) is 1. The second-order valence-corrected chi connectivity index (χ2v) is 5.87. The van der Waals surface area contributed by atoms with E-state index in [2.05, 4.69) is 10.1 Å². The lowest BCUT2D eigenvalue weighted by Crippen LogP contribution is -2.47. The molecule has 0 bridgehead atoms. The Bertz CT molecular complexity index is 664. The fourth-order valence-electron chi connectivity index (χ4n) is 2.83. The Balaban J connectivity index is 2.19. The topological polar surface area (TPSA) is 95.9 Å². The van der Waals surface area contributed by atoms with Crippen LogP contribution in [-0.4, -0.2) is 48.2 Å². The fourth-order valence-corrected chi connectivity index (χ4v) is 2.83. The minimum atomic E-state index is -0.958. The maximum absolute atomic E-state index is 13.9. The quantitative estimate of drug-likeness (QED) is 0.824. The van der Waals surface area contributed by atoms with Crippen LogP contribution in [0.15, 0.2) is 18.2 Å². The first-order valence-electron chi connectivity index (χ1n) is 7.49. The lowest BCUT2D eigenvalue weighted by Gasteiger charge is -2.34. The number of benzene rings is 1.